The second-order valence-electron chi connectivity index (χ2n) is 12.5. The number of ether oxygens (including phenoxy) is 3. The van der Waals surface area contributed by atoms with Gasteiger partial charge in [-0.3, -0.25) is 9.59 Å². The summed E-state index contributed by atoms with van der Waals surface area (Å²) >= 11 is 0. The first-order valence-electron chi connectivity index (χ1n) is 18.0. The fraction of sp³-hybridized carbons (Fsp3) is 0.149. The van der Waals surface area contributed by atoms with Gasteiger partial charge in [0, 0.05) is 18.5 Å². The summed E-state index contributed by atoms with van der Waals surface area (Å²) in [6, 6.07) is 45.5. The zero-order valence-corrected chi connectivity index (χ0v) is 31.2. The Hall–Kier alpha value is -7.36. The van der Waals surface area contributed by atoms with Gasteiger partial charge in [-0.05, 0) is 87.3 Å². The lowest BCUT2D eigenvalue weighted by molar-refractivity contribution is -0.138. The third-order valence-corrected chi connectivity index (χ3v) is 8.85. The molecule has 280 valence electrons. The molecule has 0 aliphatic heterocycles. The summed E-state index contributed by atoms with van der Waals surface area (Å²) in [4.78, 5) is 22.3. The smallest absolute Gasteiger partial charge is 0.303 e. The van der Waals surface area contributed by atoms with Crippen LogP contribution in [0, 0.1) is 22.7 Å². The van der Waals surface area contributed by atoms with Crippen molar-refractivity contribution in [1.29, 1.82) is 10.5 Å². The van der Waals surface area contributed by atoms with Crippen molar-refractivity contribution < 1.29 is 28.9 Å². The number of nitrogens with zero attached hydrogens (tertiary/aromatic N) is 2. The van der Waals surface area contributed by atoms with E-state index in [1.54, 1.807) is 20.3 Å². The molecule has 2 N–H and O–H groups in total. The zero-order valence-electron chi connectivity index (χ0n) is 31.2. The highest BCUT2D eigenvalue weighted by atomic mass is 16.5. The first-order valence-corrected chi connectivity index (χ1v) is 18.0. The Balaban J connectivity index is 1.42. The monoisotopic (exact) mass is 743 g/mol. The summed E-state index contributed by atoms with van der Waals surface area (Å²) in [5.74, 6) is 0.838. The molecule has 0 atom stereocenters. The number of amides is 1. The van der Waals surface area contributed by atoms with Gasteiger partial charge in [0.15, 0.2) is 0 Å². The molecule has 0 unspecified atom stereocenters. The Morgan fingerprint density at radius 1 is 0.643 bits per heavy atom. The number of benzene rings is 5. The quantitative estimate of drug-likeness (QED) is 0.0416. The summed E-state index contributed by atoms with van der Waals surface area (Å²) in [7, 11) is 3.29. The molecular formula is C47H41N3O6. The Morgan fingerprint density at radius 2 is 1.12 bits per heavy atom. The fourth-order valence-electron chi connectivity index (χ4n) is 5.97. The number of aliphatic carboxylic acids is 1. The van der Waals surface area contributed by atoms with Gasteiger partial charge in [-0.2, -0.15) is 10.5 Å². The second kappa shape index (κ2) is 20.2. The number of carboxylic acids is 1. The van der Waals surface area contributed by atoms with Crippen molar-refractivity contribution in [3.63, 3.8) is 0 Å². The molecule has 56 heavy (non-hydrogen) atoms. The Kier molecular flexibility index (Phi) is 14.4. The van der Waals surface area contributed by atoms with Crippen LogP contribution < -0.4 is 19.5 Å². The maximum Gasteiger partial charge on any atom is 0.303 e. The summed E-state index contributed by atoms with van der Waals surface area (Å²) in [6.07, 6.45) is 3.92. The average molecular weight is 744 g/mol. The lowest BCUT2D eigenvalue weighted by Gasteiger charge is -2.19. The van der Waals surface area contributed by atoms with Gasteiger partial charge < -0.3 is 24.6 Å². The maximum absolute atomic E-state index is 11.7. The van der Waals surface area contributed by atoms with Gasteiger partial charge >= 0.3 is 5.97 Å². The highest BCUT2D eigenvalue weighted by Gasteiger charge is 2.18. The van der Waals surface area contributed by atoms with E-state index < -0.39 is 5.97 Å². The van der Waals surface area contributed by atoms with Crippen LogP contribution in [0.4, 0.5) is 0 Å². The van der Waals surface area contributed by atoms with Crippen LogP contribution in [-0.4, -0.2) is 44.4 Å². The summed E-state index contributed by atoms with van der Waals surface area (Å²) in [5, 5.41) is 31.2. The van der Waals surface area contributed by atoms with Crippen molar-refractivity contribution in [2.45, 2.75) is 19.3 Å². The third-order valence-electron chi connectivity index (χ3n) is 8.85. The van der Waals surface area contributed by atoms with Gasteiger partial charge in [-0.15, -0.1) is 0 Å². The van der Waals surface area contributed by atoms with Crippen molar-refractivity contribution >= 4 is 34.7 Å². The van der Waals surface area contributed by atoms with Crippen LogP contribution in [0.3, 0.4) is 0 Å². The number of carbonyl (C=O) groups is 2. The first-order chi connectivity index (χ1) is 27.3. The fourth-order valence-corrected chi connectivity index (χ4v) is 5.97. The molecule has 0 aliphatic rings. The van der Waals surface area contributed by atoms with Gasteiger partial charge in [0.1, 0.15) is 35.0 Å². The van der Waals surface area contributed by atoms with E-state index in [-0.39, 0.29) is 24.3 Å². The highest BCUT2D eigenvalue weighted by Crippen LogP contribution is 2.38. The van der Waals surface area contributed by atoms with E-state index in [9.17, 15) is 20.1 Å². The van der Waals surface area contributed by atoms with E-state index in [1.165, 1.54) is 0 Å². The van der Waals surface area contributed by atoms with E-state index in [0.29, 0.717) is 36.5 Å². The lowest BCUT2D eigenvalue weighted by atomic mass is 9.85. The standard InChI is InChI=1S/C47H41N3O6/c1-54-40-22-16-37(17-23-40)47(38-18-24-41(55-2)25-19-38)46(35-7-4-3-5-8-35)36-14-12-34(13-15-36)43(39(31-48)32-49)26-11-33-9-20-42(21-10-33)56-30-6-29-50-44(51)27-28-45(52)53/h3-5,7-26H,6,27-30H2,1-2H3,(H,50,51)(H,52,53)/b26-11+. The molecule has 0 aromatic heterocycles. The van der Waals surface area contributed by atoms with Crippen LogP contribution in [0.1, 0.15) is 52.6 Å². The Bertz CT molecular complexity index is 2210. The van der Waals surface area contributed by atoms with E-state index in [4.69, 9.17) is 19.3 Å². The predicted molar refractivity (Wildman–Crippen MR) is 218 cm³/mol. The van der Waals surface area contributed by atoms with Gasteiger partial charge in [-0.1, -0.05) is 103 Å². The topological polar surface area (TPSA) is 142 Å². The van der Waals surface area contributed by atoms with E-state index >= 15 is 0 Å². The molecule has 0 saturated heterocycles. The molecule has 0 heterocycles. The number of methoxy groups -OCH3 is 2. The molecular weight excluding hydrogens is 703 g/mol. The number of rotatable bonds is 17. The molecule has 9 nitrogen and oxygen atoms in total. The maximum atomic E-state index is 11.7. The van der Waals surface area contributed by atoms with Crippen LogP contribution in [0.15, 0.2) is 139 Å². The Labute approximate surface area is 327 Å². The van der Waals surface area contributed by atoms with Crippen LogP contribution in [-0.2, 0) is 9.59 Å². The van der Waals surface area contributed by atoms with Crippen LogP contribution >= 0.6 is 0 Å². The summed E-state index contributed by atoms with van der Waals surface area (Å²) in [5.41, 5.74) is 7.97. The molecule has 9 heteroatoms. The highest BCUT2D eigenvalue weighted by molar-refractivity contribution is 6.05. The molecule has 5 rings (SSSR count). The molecule has 5 aromatic rings. The number of allylic oxidation sites excluding steroid dienone is 3. The zero-order chi connectivity index (χ0) is 39.7. The minimum atomic E-state index is -1.01. The largest absolute Gasteiger partial charge is 0.497 e. The summed E-state index contributed by atoms with van der Waals surface area (Å²) in [6.45, 7) is 0.750. The normalized spacial score (nSPS) is 10.4. The van der Waals surface area contributed by atoms with Gasteiger partial charge in [-0.25, -0.2) is 0 Å². The van der Waals surface area contributed by atoms with Crippen molar-refractivity contribution in [1.82, 2.24) is 5.32 Å². The molecule has 0 spiro atoms. The van der Waals surface area contributed by atoms with Crippen LogP contribution in [0.5, 0.6) is 17.2 Å². The van der Waals surface area contributed by atoms with Crippen molar-refractivity contribution in [2.75, 3.05) is 27.4 Å². The molecule has 0 saturated carbocycles. The first kappa shape index (κ1) is 39.8. The van der Waals surface area contributed by atoms with Gasteiger partial charge in [0.2, 0.25) is 5.91 Å². The van der Waals surface area contributed by atoms with Crippen LogP contribution in [0.2, 0.25) is 0 Å². The van der Waals surface area contributed by atoms with Crippen LogP contribution in [0.25, 0.3) is 22.8 Å². The van der Waals surface area contributed by atoms with E-state index in [2.05, 4.69) is 29.6 Å². The minimum absolute atomic E-state index is 0.0139. The van der Waals surface area contributed by atoms with Gasteiger partial charge in [0.25, 0.3) is 0 Å². The number of nitrogens with one attached hydrogen (secondary N) is 1. The molecule has 0 aliphatic carbocycles. The SMILES string of the molecule is COc1ccc(C(=C(c2ccccc2)c2ccc(C(/C=C/c3ccc(OCCCNC(=O)CCC(=O)O)cc3)=C(C#N)C#N)cc2)c2ccc(OC)cc2)cc1. The van der Waals surface area contributed by atoms with E-state index in [0.717, 1.165) is 50.5 Å². The summed E-state index contributed by atoms with van der Waals surface area (Å²) < 4.78 is 16.7. The molecule has 1 amide bonds. The van der Waals surface area contributed by atoms with Crippen molar-refractivity contribution in [3.05, 3.63) is 172 Å². The molecule has 5 aromatic carbocycles. The number of carboxylic acid groups (broad SMARTS) is 1. The van der Waals surface area contributed by atoms with Gasteiger partial charge in [0.05, 0.1) is 27.2 Å². The molecule has 0 radical (unpaired) electrons. The number of hydrogen-bond donors (Lipinski definition) is 2. The van der Waals surface area contributed by atoms with Crippen molar-refractivity contribution in [2.24, 2.45) is 0 Å². The average Bonchev–Trinajstić information content (AvgIpc) is 3.24. The number of nitriles is 2. The second-order valence-corrected chi connectivity index (χ2v) is 12.5. The Morgan fingerprint density at radius 3 is 1.62 bits per heavy atom. The minimum Gasteiger partial charge on any atom is -0.497 e. The number of hydrogen-bond acceptors (Lipinski definition) is 7. The third kappa shape index (κ3) is 10.8. The lowest BCUT2D eigenvalue weighted by Crippen LogP contribution is -2.25. The molecule has 0 fully saturated rings. The molecule has 0 bridgehead atoms. The predicted octanol–water partition coefficient (Wildman–Crippen LogP) is 8.98. The van der Waals surface area contributed by atoms with E-state index in [1.807, 2.05) is 121 Å². The number of carbonyl (C=O) groups excluding carboxylic acids is 1. The van der Waals surface area contributed by atoms with Crippen molar-refractivity contribution in [3.8, 4) is 29.4 Å².